The number of nitrogens with zero attached hydrogens (tertiary/aromatic N) is 2. The van der Waals surface area contributed by atoms with E-state index in [2.05, 4.69) is 10.4 Å². The van der Waals surface area contributed by atoms with E-state index in [0.717, 1.165) is 18.7 Å². The van der Waals surface area contributed by atoms with E-state index in [0.29, 0.717) is 6.67 Å². The molecule has 1 aliphatic rings. The molecule has 0 bridgehead atoms. The molecule has 0 aliphatic carbocycles. The normalized spacial score (nSPS) is 15.1. The van der Waals surface area contributed by atoms with Crippen LogP contribution in [0.1, 0.15) is 16.8 Å². The Morgan fingerprint density at radius 1 is 1.47 bits per heavy atom. The summed E-state index contributed by atoms with van der Waals surface area (Å²) in [5.41, 5.74) is 4.19. The van der Waals surface area contributed by atoms with E-state index >= 15 is 0 Å². The molecule has 5 nitrogen and oxygen atoms in total. The zero-order chi connectivity index (χ0) is 11.4. The Labute approximate surface area is 106 Å². The van der Waals surface area contributed by atoms with Crippen LogP contribution in [0.2, 0.25) is 0 Å². The summed E-state index contributed by atoms with van der Waals surface area (Å²) in [6, 6.07) is 6.74. The topological polar surface area (TPSA) is 64.9 Å². The second kappa shape index (κ2) is 6.22. The molecule has 92 valence electrons. The van der Waals surface area contributed by atoms with Crippen molar-refractivity contribution in [3.63, 3.8) is 0 Å². The molecule has 1 aromatic rings. The van der Waals surface area contributed by atoms with Crippen LogP contribution >= 0.6 is 12.4 Å². The number of aromatic carboxylic acids is 1. The first kappa shape index (κ1) is 13.5. The van der Waals surface area contributed by atoms with Crippen LogP contribution < -0.4 is 5.43 Å². The summed E-state index contributed by atoms with van der Waals surface area (Å²) in [6.45, 7) is 1.47. The van der Waals surface area contributed by atoms with Crippen LogP contribution in [0.15, 0.2) is 29.3 Å². The molecule has 6 heteroatoms. The number of carboxylic acid groups (broad SMARTS) is 1. The van der Waals surface area contributed by atoms with Crippen LogP contribution in [0.25, 0.3) is 0 Å². The van der Waals surface area contributed by atoms with Gasteiger partial charge in [-0.05, 0) is 24.6 Å². The van der Waals surface area contributed by atoms with Crippen molar-refractivity contribution < 1.29 is 9.90 Å². The molecule has 2 rings (SSSR count). The fraction of sp³-hybridized carbons (Fsp3) is 0.273. The lowest BCUT2D eigenvalue weighted by molar-refractivity contribution is 0.0697. The number of anilines is 1. The van der Waals surface area contributed by atoms with E-state index in [1.807, 2.05) is 17.3 Å². The molecular formula is C11H14ClN3O2. The van der Waals surface area contributed by atoms with Crippen LogP contribution in [-0.2, 0) is 0 Å². The number of hydrogen-bond donors (Lipinski definition) is 2. The lowest BCUT2D eigenvalue weighted by Gasteiger charge is -2.24. The average Bonchev–Trinajstić information content (AvgIpc) is 2.30. The molecule has 1 aromatic carbocycles. The third-order valence-electron chi connectivity index (χ3n) is 2.31. The second-order valence-electron chi connectivity index (χ2n) is 3.56. The minimum Gasteiger partial charge on any atom is -0.478 e. The SMILES string of the molecule is Cl.O=C(O)c1cccc(NN2CCC=NC2)c1. The van der Waals surface area contributed by atoms with Gasteiger partial charge in [-0.1, -0.05) is 6.07 Å². The van der Waals surface area contributed by atoms with Crippen molar-refractivity contribution >= 4 is 30.3 Å². The summed E-state index contributed by atoms with van der Waals surface area (Å²) >= 11 is 0. The lowest BCUT2D eigenvalue weighted by Crippen LogP contribution is -2.33. The van der Waals surface area contributed by atoms with Gasteiger partial charge in [-0.2, -0.15) is 0 Å². The predicted octanol–water partition coefficient (Wildman–Crippen LogP) is 1.87. The molecular weight excluding hydrogens is 242 g/mol. The number of benzene rings is 1. The predicted molar refractivity (Wildman–Crippen MR) is 69.0 cm³/mol. The molecule has 0 atom stereocenters. The quantitative estimate of drug-likeness (QED) is 0.865. The zero-order valence-electron chi connectivity index (χ0n) is 9.17. The zero-order valence-corrected chi connectivity index (χ0v) is 9.98. The van der Waals surface area contributed by atoms with E-state index in [1.165, 1.54) is 0 Å². The molecule has 0 fully saturated rings. The summed E-state index contributed by atoms with van der Waals surface area (Å²) in [6.07, 6.45) is 2.80. The third kappa shape index (κ3) is 3.72. The van der Waals surface area contributed by atoms with Gasteiger partial charge in [0.25, 0.3) is 0 Å². The largest absolute Gasteiger partial charge is 0.478 e. The number of carbonyl (C=O) groups is 1. The van der Waals surface area contributed by atoms with Crippen LogP contribution in [0.3, 0.4) is 0 Å². The Morgan fingerprint density at radius 2 is 2.29 bits per heavy atom. The smallest absolute Gasteiger partial charge is 0.335 e. The molecule has 0 saturated carbocycles. The van der Waals surface area contributed by atoms with Gasteiger partial charge >= 0.3 is 5.97 Å². The molecule has 2 N–H and O–H groups in total. The second-order valence-corrected chi connectivity index (χ2v) is 3.56. The molecule has 0 radical (unpaired) electrons. The fourth-order valence-electron chi connectivity index (χ4n) is 1.53. The summed E-state index contributed by atoms with van der Waals surface area (Å²) in [7, 11) is 0. The van der Waals surface area contributed by atoms with E-state index in [9.17, 15) is 4.79 Å². The van der Waals surface area contributed by atoms with Gasteiger partial charge in [-0.25, -0.2) is 9.80 Å². The molecule has 17 heavy (non-hydrogen) atoms. The highest BCUT2D eigenvalue weighted by Gasteiger charge is 2.08. The maximum absolute atomic E-state index is 10.8. The Hall–Kier alpha value is -1.59. The minimum absolute atomic E-state index is 0. The minimum atomic E-state index is -0.916. The van der Waals surface area contributed by atoms with Crippen molar-refractivity contribution in [3.05, 3.63) is 29.8 Å². The van der Waals surface area contributed by atoms with Crippen LogP contribution in [0, 0.1) is 0 Å². The first-order chi connectivity index (χ1) is 7.75. The van der Waals surface area contributed by atoms with Crippen molar-refractivity contribution in [3.8, 4) is 0 Å². The lowest BCUT2D eigenvalue weighted by atomic mass is 10.2. The number of hydrazine groups is 1. The van der Waals surface area contributed by atoms with Gasteiger partial charge in [0.2, 0.25) is 0 Å². The molecule has 0 saturated heterocycles. The van der Waals surface area contributed by atoms with E-state index in [1.54, 1.807) is 18.2 Å². The number of halogens is 1. The maximum Gasteiger partial charge on any atom is 0.335 e. The maximum atomic E-state index is 10.8. The van der Waals surface area contributed by atoms with Crippen molar-refractivity contribution in [1.29, 1.82) is 0 Å². The number of carboxylic acids is 1. The van der Waals surface area contributed by atoms with Crippen LogP contribution in [0.4, 0.5) is 5.69 Å². The highest BCUT2D eigenvalue weighted by molar-refractivity contribution is 5.88. The van der Waals surface area contributed by atoms with E-state index < -0.39 is 5.97 Å². The molecule has 0 spiro atoms. The third-order valence-corrected chi connectivity index (χ3v) is 2.31. The highest BCUT2D eigenvalue weighted by Crippen LogP contribution is 2.12. The van der Waals surface area contributed by atoms with E-state index in [-0.39, 0.29) is 18.0 Å². The van der Waals surface area contributed by atoms with Crippen LogP contribution in [-0.4, -0.2) is 35.5 Å². The number of nitrogens with one attached hydrogen (secondary N) is 1. The van der Waals surface area contributed by atoms with Gasteiger partial charge in [-0.3, -0.25) is 4.99 Å². The van der Waals surface area contributed by atoms with Crippen molar-refractivity contribution in [2.75, 3.05) is 18.6 Å². The molecule has 1 aliphatic heterocycles. The Morgan fingerprint density at radius 3 is 2.94 bits per heavy atom. The van der Waals surface area contributed by atoms with Gasteiger partial charge in [0, 0.05) is 18.4 Å². The summed E-state index contributed by atoms with van der Waals surface area (Å²) in [5, 5.41) is 10.8. The summed E-state index contributed by atoms with van der Waals surface area (Å²) in [5.74, 6) is -0.916. The highest BCUT2D eigenvalue weighted by atomic mass is 35.5. The molecule has 0 amide bonds. The van der Waals surface area contributed by atoms with E-state index in [4.69, 9.17) is 5.11 Å². The van der Waals surface area contributed by atoms with Gasteiger partial charge in [0.05, 0.1) is 5.56 Å². The number of aliphatic imine (C=N–C) groups is 1. The van der Waals surface area contributed by atoms with Crippen molar-refractivity contribution in [2.24, 2.45) is 4.99 Å². The number of hydrogen-bond acceptors (Lipinski definition) is 4. The molecule has 0 aromatic heterocycles. The van der Waals surface area contributed by atoms with Gasteiger partial charge in [0.15, 0.2) is 0 Å². The Balaban J connectivity index is 0.00000144. The fourth-order valence-corrected chi connectivity index (χ4v) is 1.53. The van der Waals surface area contributed by atoms with Crippen molar-refractivity contribution in [1.82, 2.24) is 5.01 Å². The van der Waals surface area contributed by atoms with Crippen molar-refractivity contribution in [2.45, 2.75) is 6.42 Å². The molecule has 1 heterocycles. The summed E-state index contributed by atoms with van der Waals surface area (Å²) in [4.78, 5) is 14.9. The first-order valence-electron chi connectivity index (χ1n) is 5.09. The van der Waals surface area contributed by atoms with Crippen LogP contribution in [0.5, 0.6) is 0 Å². The van der Waals surface area contributed by atoms with Gasteiger partial charge in [0.1, 0.15) is 6.67 Å². The standard InChI is InChI=1S/C11H13N3O2.ClH/c15-11(16)9-3-1-4-10(7-9)13-14-6-2-5-12-8-14;/h1,3-5,7,13H,2,6,8H2,(H,15,16);1H. The summed E-state index contributed by atoms with van der Waals surface area (Å²) < 4.78 is 0. The van der Waals surface area contributed by atoms with Gasteiger partial charge in [-0.15, -0.1) is 12.4 Å². The number of rotatable bonds is 3. The molecule has 0 unspecified atom stereocenters. The average molecular weight is 256 g/mol. The Kier molecular flexibility index (Phi) is 4.93. The first-order valence-corrected chi connectivity index (χ1v) is 5.09. The van der Waals surface area contributed by atoms with Gasteiger partial charge < -0.3 is 10.5 Å². The Bertz CT molecular complexity index is 423. The monoisotopic (exact) mass is 255 g/mol.